The van der Waals surface area contributed by atoms with Gasteiger partial charge < -0.3 is 5.32 Å². The first-order valence-corrected chi connectivity index (χ1v) is 10.6. The lowest BCUT2D eigenvalue weighted by Crippen LogP contribution is -2.46. The molecule has 1 aromatic carbocycles. The fraction of sp³-hybridized carbons (Fsp3) is 0.632. The summed E-state index contributed by atoms with van der Waals surface area (Å²) in [5, 5.41) is 2.65. The summed E-state index contributed by atoms with van der Waals surface area (Å²) < 4.78 is 27.7. The van der Waals surface area contributed by atoms with Crippen molar-refractivity contribution in [1.29, 1.82) is 0 Å². The summed E-state index contributed by atoms with van der Waals surface area (Å²) in [6.07, 6.45) is 0. The second-order valence-electron chi connectivity index (χ2n) is 7.34. The summed E-state index contributed by atoms with van der Waals surface area (Å²) >= 11 is 0. The molecule has 1 rings (SSSR count). The zero-order valence-electron chi connectivity index (χ0n) is 17.0. The Bertz CT molecular complexity index is 674. The Morgan fingerprint density at radius 1 is 0.923 bits per heavy atom. The van der Waals surface area contributed by atoms with Crippen molar-refractivity contribution in [2.75, 3.05) is 18.4 Å². The second-order valence-corrected chi connectivity index (χ2v) is 9.23. The number of hydrogen-bond donors (Lipinski definition) is 1. The lowest BCUT2D eigenvalue weighted by molar-refractivity contribution is -0.114. The van der Waals surface area contributed by atoms with Gasteiger partial charge in [-0.1, -0.05) is 0 Å². The lowest BCUT2D eigenvalue weighted by Gasteiger charge is -2.34. The van der Waals surface area contributed by atoms with E-state index in [9.17, 15) is 13.2 Å². The monoisotopic (exact) mass is 383 g/mol. The molecule has 0 bridgehead atoms. The molecule has 0 saturated heterocycles. The molecule has 1 N–H and O–H groups in total. The molecule has 0 aromatic heterocycles. The molecule has 0 fully saturated rings. The average Bonchev–Trinajstić information content (AvgIpc) is 2.50. The van der Waals surface area contributed by atoms with Gasteiger partial charge in [-0.25, -0.2) is 8.42 Å². The first-order chi connectivity index (χ1) is 12.0. The van der Waals surface area contributed by atoms with E-state index in [1.807, 2.05) is 13.8 Å². The van der Waals surface area contributed by atoms with Crippen LogP contribution in [0.3, 0.4) is 0 Å². The number of nitrogens with one attached hydrogen (secondary N) is 1. The Morgan fingerprint density at radius 2 is 1.42 bits per heavy atom. The normalized spacial score (nSPS) is 12.6. The van der Waals surface area contributed by atoms with Gasteiger partial charge in [0.05, 0.1) is 4.90 Å². The molecule has 0 saturated carbocycles. The molecule has 0 atom stereocenters. The highest BCUT2D eigenvalue weighted by Gasteiger charge is 2.28. The molecular formula is C19H33N3O3S. The van der Waals surface area contributed by atoms with E-state index < -0.39 is 10.0 Å². The first kappa shape index (κ1) is 22.6. The minimum atomic E-state index is -3.60. The van der Waals surface area contributed by atoms with Gasteiger partial charge in [-0.2, -0.15) is 4.31 Å². The molecule has 0 radical (unpaired) electrons. The van der Waals surface area contributed by atoms with Crippen molar-refractivity contribution in [3.63, 3.8) is 0 Å². The van der Waals surface area contributed by atoms with Crippen LogP contribution in [0.25, 0.3) is 0 Å². The number of rotatable bonds is 9. The van der Waals surface area contributed by atoms with Crippen molar-refractivity contribution in [3.8, 4) is 0 Å². The van der Waals surface area contributed by atoms with Crippen molar-refractivity contribution in [3.05, 3.63) is 24.3 Å². The van der Waals surface area contributed by atoms with E-state index in [4.69, 9.17) is 0 Å². The molecule has 0 aliphatic carbocycles. The van der Waals surface area contributed by atoms with Gasteiger partial charge in [-0.3, -0.25) is 9.69 Å². The van der Waals surface area contributed by atoms with Crippen molar-refractivity contribution in [1.82, 2.24) is 9.21 Å². The van der Waals surface area contributed by atoms with Crippen LogP contribution in [0.2, 0.25) is 0 Å². The largest absolute Gasteiger partial charge is 0.326 e. The Kier molecular flexibility index (Phi) is 8.24. The highest BCUT2D eigenvalue weighted by Crippen LogP contribution is 2.21. The van der Waals surface area contributed by atoms with Gasteiger partial charge in [0, 0.05) is 43.8 Å². The van der Waals surface area contributed by atoms with E-state index >= 15 is 0 Å². The summed E-state index contributed by atoms with van der Waals surface area (Å²) in [7, 11) is -3.60. The molecule has 6 nitrogen and oxygen atoms in total. The zero-order chi connectivity index (χ0) is 20.1. The number of carbonyl (C=O) groups is 1. The minimum absolute atomic E-state index is 0.142. The average molecular weight is 384 g/mol. The van der Waals surface area contributed by atoms with Gasteiger partial charge in [0.2, 0.25) is 15.9 Å². The standard InChI is InChI=1S/C19H33N3O3S/c1-14(2)21(15(3)4)12-13-22(16(5)6)26(24,25)19-10-8-18(9-11-19)20-17(7)23/h8-11,14-16H,12-13H2,1-7H3,(H,20,23). The van der Waals surface area contributed by atoms with Crippen LogP contribution in [-0.4, -0.2) is 54.7 Å². The summed E-state index contributed by atoms with van der Waals surface area (Å²) in [6.45, 7) is 14.8. The Morgan fingerprint density at radius 3 is 1.81 bits per heavy atom. The van der Waals surface area contributed by atoms with Gasteiger partial charge in [0.15, 0.2) is 0 Å². The summed E-state index contributed by atoms with van der Waals surface area (Å²) in [4.78, 5) is 13.6. The maximum atomic E-state index is 13.1. The Hall–Kier alpha value is -1.44. The third-order valence-electron chi connectivity index (χ3n) is 4.26. The number of carbonyl (C=O) groups excluding carboxylic acids is 1. The van der Waals surface area contributed by atoms with Crippen LogP contribution in [-0.2, 0) is 14.8 Å². The van der Waals surface area contributed by atoms with Gasteiger partial charge >= 0.3 is 0 Å². The highest BCUT2D eigenvalue weighted by atomic mass is 32.2. The minimum Gasteiger partial charge on any atom is -0.326 e. The number of hydrogen-bond acceptors (Lipinski definition) is 4. The third kappa shape index (κ3) is 6.07. The van der Waals surface area contributed by atoms with Crippen molar-refractivity contribution >= 4 is 21.6 Å². The van der Waals surface area contributed by atoms with E-state index in [2.05, 4.69) is 37.9 Å². The predicted molar refractivity (Wildman–Crippen MR) is 107 cm³/mol. The smallest absolute Gasteiger partial charge is 0.243 e. The number of amides is 1. The fourth-order valence-corrected chi connectivity index (χ4v) is 4.66. The van der Waals surface area contributed by atoms with Crippen LogP contribution in [0, 0.1) is 0 Å². The first-order valence-electron chi connectivity index (χ1n) is 9.12. The number of nitrogens with zero attached hydrogens (tertiary/aromatic N) is 2. The van der Waals surface area contributed by atoms with E-state index in [-0.39, 0.29) is 16.8 Å². The number of anilines is 1. The number of benzene rings is 1. The Labute approximate surface area is 158 Å². The maximum Gasteiger partial charge on any atom is 0.243 e. The molecular weight excluding hydrogens is 350 g/mol. The van der Waals surface area contributed by atoms with Crippen LogP contribution in [0.1, 0.15) is 48.5 Å². The van der Waals surface area contributed by atoms with Gasteiger partial charge in [-0.05, 0) is 65.8 Å². The molecule has 0 unspecified atom stereocenters. The molecule has 7 heteroatoms. The molecule has 0 heterocycles. The topological polar surface area (TPSA) is 69.7 Å². The quantitative estimate of drug-likeness (QED) is 0.711. The molecule has 0 aliphatic heterocycles. The van der Waals surface area contributed by atoms with Crippen LogP contribution >= 0.6 is 0 Å². The van der Waals surface area contributed by atoms with E-state index in [0.717, 1.165) is 0 Å². The molecule has 0 aliphatic rings. The molecule has 26 heavy (non-hydrogen) atoms. The maximum absolute atomic E-state index is 13.1. The van der Waals surface area contributed by atoms with Crippen LogP contribution < -0.4 is 5.32 Å². The van der Waals surface area contributed by atoms with Crippen LogP contribution in [0.15, 0.2) is 29.2 Å². The van der Waals surface area contributed by atoms with E-state index in [0.29, 0.717) is 30.9 Å². The van der Waals surface area contributed by atoms with Crippen molar-refractivity contribution in [2.45, 2.75) is 71.5 Å². The highest BCUT2D eigenvalue weighted by molar-refractivity contribution is 7.89. The summed E-state index contributed by atoms with van der Waals surface area (Å²) in [5.41, 5.74) is 0.582. The van der Waals surface area contributed by atoms with Gasteiger partial charge in [0.1, 0.15) is 0 Å². The van der Waals surface area contributed by atoms with Crippen molar-refractivity contribution in [2.24, 2.45) is 0 Å². The molecule has 0 spiro atoms. The van der Waals surface area contributed by atoms with Crippen LogP contribution in [0.4, 0.5) is 5.69 Å². The zero-order valence-corrected chi connectivity index (χ0v) is 17.8. The second kappa shape index (κ2) is 9.48. The molecule has 1 amide bonds. The third-order valence-corrected chi connectivity index (χ3v) is 6.35. The van der Waals surface area contributed by atoms with Crippen molar-refractivity contribution < 1.29 is 13.2 Å². The van der Waals surface area contributed by atoms with Crippen LogP contribution in [0.5, 0.6) is 0 Å². The summed E-state index contributed by atoms with van der Waals surface area (Å²) in [5.74, 6) is -0.188. The van der Waals surface area contributed by atoms with Gasteiger partial charge in [0.25, 0.3) is 0 Å². The van der Waals surface area contributed by atoms with E-state index in [1.165, 1.54) is 11.2 Å². The number of sulfonamides is 1. The molecule has 148 valence electrons. The lowest BCUT2D eigenvalue weighted by atomic mass is 10.2. The van der Waals surface area contributed by atoms with E-state index in [1.54, 1.807) is 24.3 Å². The summed E-state index contributed by atoms with van der Waals surface area (Å²) in [6, 6.07) is 6.86. The molecule has 1 aromatic rings. The SMILES string of the molecule is CC(=O)Nc1ccc(S(=O)(=O)N(CCN(C(C)C)C(C)C)C(C)C)cc1. The predicted octanol–water partition coefficient (Wildman–Crippen LogP) is 3.16. The fourth-order valence-electron chi connectivity index (χ4n) is 3.03. The Balaban J connectivity index is 3.01. The van der Waals surface area contributed by atoms with Gasteiger partial charge in [-0.15, -0.1) is 0 Å².